The van der Waals surface area contributed by atoms with Crippen LogP contribution in [-0.2, 0) is 18.1 Å². The second-order valence-electron chi connectivity index (χ2n) is 3.71. The quantitative estimate of drug-likeness (QED) is 0.409. The van der Waals surface area contributed by atoms with Gasteiger partial charge in [-0.2, -0.15) is 0 Å². The van der Waals surface area contributed by atoms with Crippen molar-refractivity contribution in [3.05, 3.63) is 0 Å². The fraction of sp³-hybridized carbons (Fsp3) is 1.00. The van der Waals surface area contributed by atoms with Crippen LogP contribution >= 0.6 is 7.82 Å². The molecule has 1 atom stereocenters. The van der Waals surface area contributed by atoms with Crippen LogP contribution in [0.4, 0.5) is 0 Å². The summed E-state index contributed by atoms with van der Waals surface area (Å²) in [5.74, 6) is 0. The first-order valence-electron chi connectivity index (χ1n) is 6.13. The van der Waals surface area contributed by atoms with Crippen molar-refractivity contribution in [2.24, 2.45) is 0 Å². The van der Waals surface area contributed by atoms with Gasteiger partial charge in [0.15, 0.2) is 0 Å². The van der Waals surface area contributed by atoms with Crippen LogP contribution in [0.3, 0.4) is 0 Å². The number of rotatable bonds is 11. The lowest BCUT2D eigenvalue weighted by molar-refractivity contribution is 0.128. The van der Waals surface area contributed by atoms with E-state index in [2.05, 4.69) is 6.92 Å². The zero-order valence-electron chi connectivity index (χ0n) is 10.7. The monoisotopic (exact) mass is 252 g/mol. The van der Waals surface area contributed by atoms with Crippen LogP contribution in [-0.4, -0.2) is 20.3 Å². The molecule has 0 aromatic carbocycles. The average Bonchev–Trinajstić information content (AvgIpc) is 2.29. The van der Waals surface area contributed by atoms with E-state index in [0.717, 1.165) is 25.7 Å². The topological polar surface area (TPSA) is 44.8 Å². The Morgan fingerprint density at radius 3 is 1.94 bits per heavy atom. The molecule has 0 aliphatic carbocycles. The summed E-state index contributed by atoms with van der Waals surface area (Å²) in [6.07, 6.45) is 6.21. The van der Waals surface area contributed by atoms with E-state index in [0.29, 0.717) is 13.2 Å². The van der Waals surface area contributed by atoms with Crippen molar-refractivity contribution in [2.45, 2.75) is 52.4 Å². The normalized spacial score (nSPS) is 14.9. The number of phosphoric acid groups is 1. The summed E-state index contributed by atoms with van der Waals surface area (Å²) in [5.41, 5.74) is 0. The van der Waals surface area contributed by atoms with Crippen molar-refractivity contribution in [3.8, 4) is 0 Å². The highest BCUT2D eigenvalue weighted by Crippen LogP contribution is 2.48. The van der Waals surface area contributed by atoms with E-state index in [1.165, 1.54) is 20.0 Å². The summed E-state index contributed by atoms with van der Waals surface area (Å²) in [5, 5.41) is 0. The Bertz CT molecular complexity index is 196. The van der Waals surface area contributed by atoms with E-state index in [1.807, 2.05) is 6.92 Å². The zero-order valence-corrected chi connectivity index (χ0v) is 11.6. The maximum absolute atomic E-state index is 11.8. The van der Waals surface area contributed by atoms with Gasteiger partial charge in [0.05, 0.1) is 13.2 Å². The lowest BCUT2D eigenvalue weighted by Crippen LogP contribution is -2.00. The van der Waals surface area contributed by atoms with Crippen LogP contribution in [0.5, 0.6) is 0 Å². The standard InChI is InChI=1S/C11H25O4P/c1-4-6-8-9-11-15-16(12,13-3)14-10-7-5-2/h4-11H2,1-3H3. The van der Waals surface area contributed by atoms with Crippen molar-refractivity contribution in [1.82, 2.24) is 0 Å². The first-order valence-corrected chi connectivity index (χ1v) is 7.59. The Labute approximate surface area is 99.3 Å². The third-order valence-corrected chi connectivity index (χ3v) is 3.66. The molecule has 98 valence electrons. The van der Waals surface area contributed by atoms with Crippen molar-refractivity contribution < 1.29 is 18.1 Å². The molecule has 0 aliphatic rings. The molecule has 0 saturated carbocycles. The SMILES string of the molecule is CCCCCCOP(=O)(OC)OCCCC. The van der Waals surface area contributed by atoms with Gasteiger partial charge in [-0.3, -0.25) is 13.6 Å². The predicted octanol–water partition coefficient (Wildman–Crippen LogP) is 4.15. The molecule has 0 N–H and O–H groups in total. The molecule has 4 nitrogen and oxygen atoms in total. The number of unbranched alkanes of at least 4 members (excludes halogenated alkanes) is 4. The van der Waals surface area contributed by atoms with Crippen molar-refractivity contribution in [3.63, 3.8) is 0 Å². The van der Waals surface area contributed by atoms with Crippen LogP contribution < -0.4 is 0 Å². The molecule has 0 aliphatic heterocycles. The van der Waals surface area contributed by atoms with E-state index in [-0.39, 0.29) is 0 Å². The third-order valence-electron chi connectivity index (χ3n) is 2.22. The van der Waals surface area contributed by atoms with Gasteiger partial charge in [-0.05, 0) is 12.8 Å². The Morgan fingerprint density at radius 1 is 0.875 bits per heavy atom. The fourth-order valence-electron chi connectivity index (χ4n) is 1.17. The molecule has 0 spiro atoms. The molecule has 0 amide bonds. The predicted molar refractivity (Wildman–Crippen MR) is 65.6 cm³/mol. The van der Waals surface area contributed by atoms with E-state index in [9.17, 15) is 4.57 Å². The summed E-state index contributed by atoms with van der Waals surface area (Å²) < 4.78 is 26.9. The van der Waals surface area contributed by atoms with Gasteiger partial charge in [0.2, 0.25) is 0 Å². The number of phosphoric ester groups is 1. The van der Waals surface area contributed by atoms with E-state index in [1.54, 1.807) is 0 Å². The molecule has 1 unspecified atom stereocenters. The smallest absolute Gasteiger partial charge is 0.290 e. The molecule has 16 heavy (non-hydrogen) atoms. The van der Waals surface area contributed by atoms with Gasteiger partial charge < -0.3 is 0 Å². The highest BCUT2D eigenvalue weighted by Gasteiger charge is 2.23. The Balaban J connectivity index is 3.66. The second-order valence-corrected chi connectivity index (χ2v) is 5.49. The van der Waals surface area contributed by atoms with Crippen molar-refractivity contribution in [2.75, 3.05) is 20.3 Å². The molecule has 0 rings (SSSR count). The second kappa shape index (κ2) is 10.3. The first-order chi connectivity index (χ1) is 7.68. The molecule has 0 saturated heterocycles. The minimum Gasteiger partial charge on any atom is -0.290 e. The van der Waals surface area contributed by atoms with Gasteiger partial charge in [-0.1, -0.05) is 39.5 Å². The number of hydrogen-bond acceptors (Lipinski definition) is 4. The summed E-state index contributed by atoms with van der Waals surface area (Å²) in [4.78, 5) is 0. The van der Waals surface area contributed by atoms with Crippen LogP contribution in [0, 0.1) is 0 Å². The lowest BCUT2D eigenvalue weighted by Gasteiger charge is -2.15. The lowest BCUT2D eigenvalue weighted by atomic mass is 10.2. The zero-order chi connectivity index (χ0) is 12.3. The minimum atomic E-state index is -3.28. The Hall–Kier alpha value is 0.110. The summed E-state index contributed by atoms with van der Waals surface area (Å²) in [7, 11) is -1.92. The van der Waals surface area contributed by atoms with Gasteiger partial charge in [-0.15, -0.1) is 0 Å². The van der Waals surface area contributed by atoms with Gasteiger partial charge in [-0.25, -0.2) is 4.57 Å². The Morgan fingerprint density at radius 2 is 1.44 bits per heavy atom. The van der Waals surface area contributed by atoms with Crippen molar-refractivity contribution in [1.29, 1.82) is 0 Å². The molecular weight excluding hydrogens is 227 g/mol. The highest BCUT2D eigenvalue weighted by molar-refractivity contribution is 7.48. The molecule has 0 bridgehead atoms. The van der Waals surface area contributed by atoms with Crippen LogP contribution in [0.2, 0.25) is 0 Å². The molecule has 0 heterocycles. The molecule has 0 radical (unpaired) electrons. The van der Waals surface area contributed by atoms with Crippen LogP contribution in [0.1, 0.15) is 52.4 Å². The maximum Gasteiger partial charge on any atom is 0.474 e. The summed E-state index contributed by atoms with van der Waals surface area (Å²) >= 11 is 0. The minimum absolute atomic E-state index is 0.427. The first kappa shape index (κ1) is 16.1. The largest absolute Gasteiger partial charge is 0.474 e. The average molecular weight is 252 g/mol. The maximum atomic E-state index is 11.8. The van der Waals surface area contributed by atoms with E-state index < -0.39 is 7.82 Å². The van der Waals surface area contributed by atoms with E-state index >= 15 is 0 Å². The fourth-order valence-corrected chi connectivity index (χ4v) is 2.16. The summed E-state index contributed by atoms with van der Waals surface area (Å²) in [6, 6.07) is 0. The van der Waals surface area contributed by atoms with E-state index in [4.69, 9.17) is 13.6 Å². The highest BCUT2D eigenvalue weighted by atomic mass is 31.2. The third kappa shape index (κ3) is 8.28. The van der Waals surface area contributed by atoms with Crippen LogP contribution in [0.25, 0.3) is 0 Å². The van der Waals surface area contributed by atoms with Gasteiger partial charge in [0, 0.05) is 7.11 Å². The molecule has 0 aromatic rings. The summed E-state index contributed by atoms with van der Waals surface area (Å²) in [6.45, 7) is 5.06. The molecular formula is C11H25O4P. The van der Waals surface area contributed by atoms with Gasteiger partial charge in [0.1, 0.15) is 0 Å². The van der Waals surface area contributed by atoms with Crippen LogP contribution in [0.15, 0.2) is 0 Å². The van der Waals surface area contributed by atoms with Gasteiger partial charge >= 0.3 is 7.82 Å². The number of hydrogen-bond donors (Lipinski definition) is 0. The van der Waals surface area contributed by atoms with Crippen molar-refractivity contribution >= 4 is 7.82 Å². The molecule has 0 fully saturated rings. The van der Waals surface area contributed by atoms with Gasteiger partial charge in [0.25, 0.3) is 0 Å². The molecule has 0 aromatic heterocycles. The Kier molecular flexibility index (Phi) is 10.3. The molecule has 5 heteroatoms.